The van der Waals surface area contributed by atoms with E-state index < -0.39 is 0 Å². The zero-order valence-corrected chi connectivity index (χ0v) is 12.0. The maximum Gasteiger partial charge on any atom is 0.148 e. The highest BCUT2D eigenvalue weighted by Gasteiger charge is 2.27. The average molecular weight is 286 g/mol. The van der Waals surface area contributed by atoms with E-state index in [1.807, 2.05) is 30.0 Å². The first-order chi connectivity index (χ1) is 9.88. The van der Waals surface area contributed by atoms with Crippen LogP contribution in [0, 0.1) is 0 Å². The van der Waals surface area contributed by atoms with Crippen LogP contribution in [0.5, 0.6) is 0 Å². The number of para-hydroxylation sites is 2. The predicted octanol–water partition coefficient (Wildman–Crippen LogP) is 3.13. The number of hydrogen-bond donors (Lipinski definition) is 2. The molecule has 1 atom stereocenters. The van der Waals surface area contributed by atoms with E-state index in [0.717, 1.165) is 11.4 Å². The highest BCUT2D eigenvalue weighted by molar-refractivity contribution is 7.99. The Bertz CT molecular complexity index is 561. The van der Waals surface area contributed by atoms with Crippen LogP contribution < -0.4 is 10.2 Å². The van der Waals surface area contributed by atoms with Crippen molar-refractivity contribution >= 4 is 23.1 Å². The van der Waals surface area contributed by atoms with Gasteiger partial charge in [-0.05, 0) is 17.7 Å². The van der Waals surface area contributed by atoms with E-state index in [4.69, 9.17) is 0 Å². The van der Waals surface area contributed by atoms with Crippen molar-refractivity contribution in [3.63, 3.8) is 0 Å². The van der Waals surface area contributed by atoms with Crippen molar-refractivity contribution < 1.29 is 5.11 Å². The minimum atomic E-state index is 0.165. The number of fused-ring (bicyclic) bond motifs is 1. The number of nitrogens with one attached hydrogen (secondary N) is 1. The molecule has 104 valence electrons. The van der Waals surface area contributed by atoms with Crippen LogP contribution in [0.3, 0.4) is 0 Å². The molecule has 4 heteroatoms. The number of rotatable bonds is 5. The standard InChI is InChI=1S/C16H18N2OS/c19-11-10-18-15-9-5-4-8-14(15)17-16(18)20-12-13-6-2-1-3-7-13/h1-9,16-17,19H,10-12H2/t16-/m0/s1. The Morgan fingerprint density at radius 2 is 1.80 bits per heavy atom. The Morgan fingerprint density at radius 3 is 2.60 bits per heavy atom. The second-order valence-corrected chi connectivity index (χ2v) is 5.80. The molecule has 2 aromatic rings. The van der Waals surface area contributed by atoms with E-state index in [-0.39, 0.29) is 12.1 Å². The van der Waals surface area contributed by atoms with E-state index in [2.05, 4.69) is 46.6 Å². The number of nitrogens with zero attached hydrogens (tertiary/aromatic N) is 1. The number of aliphatic hydroxyl groups is 1. The maximum atomic E-state index is 9.28. The summed E-state index contributed by atoms with van der Waals surface area (Å²) in [6.07, 6.45) is 0. The van der Waals surface area contributed by atoms with E-state index >= 15 is 0 Å². The fourth-order valence-corrected chi connectivity index (χ4v) is 3.56. The van der Waals surface area contributed by atoms with E-state index in [0.29, 0.717) is 6.54 Å². The minimum Gasteiger partial charge on any atom is -0.395 e. The molecule has 0 amide bonds. The summed E-state index contributed by atoms with van der Waals surface area (Å²) >= 11 is 1.85. The van der Waals surface area contributed by atoms with Gasteiger partial charge in [-0.1, -0.05) is 42.5 Å². The normalized spacial score (nSPS) is 16.9. The summed E-state index contributed by atoms with van der Waals surface area (Å²) < 4.78 is 0. The summed E-state index contributed by atoms with van der Waals surface area (Å²) in [6.45, 7) is 0.814. The second kappa shape index (κ2) is 6.20. The lowest BCUT2D eigenvalue weighted by Gasteiger charge is -2.25. The van der Waals surface area contributed by atoms with Gasteiger partial charge in [-0.25, -0.2) is 0 Å². The lowest BCUT2D eigenvalue weighted by atomic mass is 10.2. The molecule has 0 aromatic heterocycles. The summed E-state index contributed by atoms with van der Waals surface area (Å²) in [5, 5.41) is 12.8. The first kappa shape index (κ1) is 13.3. The van der Waals surface area contributed by atoms with Crippen molar-refractivity contribution in [3.05, 3.63) is 60.2 Å². The van der Waals surface area contributed by atoms with E-state index in [1.165, 1.54) is 11.3 Å². The lowest BCUT2D eigenvalue weighted by Crippen LogP contribution is -2.35. The average Bonchev–Trinajstić information content (AvgIpc) is 2.85. The molecule has 0 saturated heterocycles. The topological polar surface area (TPSA) is 35.5 Å². The number of β-amino-alcohol motifs (C(OH)–C–C–N with tert-alkyl or cyclic N) is 1. The number of thioether (sulfide) groups is 1. The summed E-state index contributed by atoms with van der Waals surface area (Å²) in [5.74, 6) is 0.953. The van der Waals surface area contributed by atoms with Gasteiger partial charge in [0.25, 0.3) is 0 Å². The van der Waals surface area contributed by atoms with Crippen LogP contribution in [0.25, 0.3) is 0 Å². The molecule has 1 heterocycles. The van der Waals surface area contributed by atoms with Crippen LogP contribution in [0.1, 0.15) is 5.56 Å². The molecule has 0 fully saturated rings. The third-order valence-electron chi connectivity index (χ3n) is 3.37. The van der Waals surface area contributed by atoms with Gasteiger partial charge in [-0.2, -0.15) is 0 Å². The second-order valence-electron chi connectivity index (χ2n) is 4.73. The van der Waals surface area contributed by atoms with Crippen LogP contribution in [-0.2, 0) is 5.75 Å². The molecule has 3 nitrogen and oxygen atoms in total. The highest BCUT2D eigenvalue weighted by atomic mass is 32.2. The Labute approximate surface area is 123 Å². The Balaban J connectivity index is 1.71. The quantitative estimate of drug-likeness (QED) is 0.885. The maximum absolute atomic E-state index is 9.28. The third-order valence-corrected chi connectivity index (χ3v) is 4.56. The number of hydrogen-bond acceptors (Lipinski definition) is 4. The zero-order chi connectivity index (χ0) is 13.8. The smallest absolute Gasteiger partial charge is 0.148 e. The van der Waals surface area contributed by atoms with Crippen molar-refractivity contribution in [3.8, 4) is 0 Å². The molecular formula is C16H18N2OS. The Morgan fingerprint density at radius 1 is 1.05 bits per heavy atom. The van der Waals surface area contributed by atoms with Crippen molar-refractivity contribution in [2.24, 2.45) is 0 Å². The monoisotopic (exact) mass is 286 g/mol. The summed E-state index contributed by atoms with van der Waals surface area (Å²) in [7, 11) is 0. The summed E-state index contributed by atoms with van der Waals surface area (Å²) in [4.78, 5) is 2.23. The first-order valence-corrected chi connectivity index (χ1v) is 7.82. The molecule has 1 aliphatic rings. The van der Waals surface area contributed by atoms with Gasteiger partial charge in [-0.15, -0.1) is 11.8 Å². The molecule has 0 saturated carbocycles. The molecule has 0 aliphatic carbocycles. The van der Waals surface area contributed by atoms with Crippen molar-refractivity contribution in [1.82, 2.24) is 0 Å². The molecule has 0 radical (unpaired) electrons. The molecule has 0 spiro atoms. The molecule has 20 heavy (non-hydrogen) atoms. The van der Waals surface area contributed by atoms with Crippen LogP contribution in [-0.4, -0.2) is 23.8 Å². The summed E-state index contributed by atoms with van der Waals surface area (Å²) in [6, 6.07) is 18.7. The van der Waals surface area contributed by atoms with Gasteiger partial charge in [0.2, 0.25) is 0 Å². The third kappa shape index (κ3) is 2.76. The number of benzene rings is 2. The predicted molar refractivity (Wildman–Crippen MR) is 86.0 cm³/mol. The van der Waals surface area contributed by atoms with Gasteiger partial charge in [0, 0.05) is 12.3 Å². The molecule has 0 unspecified atom stereocenters. The van der Waals surface area contributed by atoms with Gasteiger partial charge in [0.05, 0.1) is 18.0 Å². The molecular weight excluding hydrogens is 268 g/mol. The minimum absolute atomic E-state index is 0.165. The van der Waals surface area contributed by atoms with E-state index in [1.54, 1.807) is 0 Å². The van der Waals surface area contributed by atoms with Crippen LogP contribution in [0.2, 0.25) is 0 Å². The van der Waals surface area contributed by atoms with Gasteiger partial charge in [0.1, 0.15) is 5.50 Å². The lowest BCUT2D eigenvalue weighted by molar-refractivity contribution is 0.302. The zero-order valence-electron chi connectivity index (χ0n) is 11.2. The van der Waals surface area contributed by atoms with Crippen molar-refractivity contribution in [2.45, 2.75) is 11.3 Å². The van der Waals surface area contributed by atoms with Crippen molar-refractivity contribution in [2.75, 3.05) is 23.4 Å². The molecule has 3 rings (SSSR count). The Hall–Kier alpha value is -1.65. The fourth-order valence-electron chi connectivity index (χ4n) is 2.41. The fraction of sp³-hybridized carbons (Fsp3) is 0.250. The van der Waals surface area contributed by atoms with Gasteiger partial charge < -0.3 is 15.3 Å². The molecule has 2 aromatic carbocycles. The Kier molecular flexibility index (Phi) is 4.14. The number of anilines is 2. The molecule has 1 aliphatic heterocycles. The number of aliphatic hydroxyl groups excluding tert-OH is 1. The highest BCUT2D eigenvalue weighted by Crippen LogP contribution is 2.38. The molecule has 0 bridgehead atoms. The van der Waals surface area contributed by atoms with E-state index in [9.17, 15) is 5.11 Å². The first-order valence-electron chi connectivity index (χ1n) is 6.77. The van der Waals surface area contributed by atoms with Crippen molar-refractivity contribution in [1.29, 1.82) is 0 Å². The SMILES string of the molecule is OCCN1c2ccccc2N[C@@H]1SCc1ccccc1. The van der Waals surface area contributed by atoms with Gasteiger partial charge in [0.15, 0.2) is 0 Å². The van der Waals surface area contributed by atoms with Crippen LogP contribution in [0.4, 0.5) is 11.4 Å². The molecule has 2 N–H and O–H groups in total. The van der Waals surface area contributed by atoms with Gasteiger partial charge in [-0.3, -0.25) is 0 Å². The van der Waals surface area contributed by atoms with Crippen LogP contribution in [0.15, 0.2) is 54.6 Å². The summed E-state index contributed by atoms with van der Waals surface area (Å²) in [5.41, 5.74) is 3.82. The van der Waals surface area contributed by atoms with Crippen LogP contribution >= 0.6 is 11.8 Å². The van der Waals surface area contributed by atoms with Gasteiger partial charge >= 0.3 is 0 Å². The largest absolute Gasteiger partial charge is 0.395 e.